The van der Waals surface area contributed by atoms with Crippen molar-refractivity contribution in [3.05, 3.63) is 41.6 Å². The summed E-state index contributed by atoms with van der Waals surface area (Å²) in [4.78, 5) is 4.77. The third kappa shape index (κ3) is 3.64. The molecule has 22 heavy (non-hydrogen) atoms. The molecule has 0 saturated heterocycles. The van der Waals surface area contributed by atoms with Gasteiger partial charge in [0.25, 0.3) is 0 Å². The van der Waals surface area contributed by atoms with E-state index in [2.05, 4.69) is 48.5 Å². The summed E-state index contributed by atoms with van der Waals surface area (Å²) in [6.45, 7) is 11.4. The van der Waals surface area contributed by atoms with Crippen LogP contribution in [-0.2, 0) is 12.1 Å². The van der Waals surface area contributed by atoms with E-state index in [0.29, 0.717) is 0 Å². The van der Waals surface area contributed by atoms with Gasteiger partial charge in [-0.15, -0.1) is 0 Å². The lowest BCUT2D eigenvalue weighted by Gasteiger charge is -2.25. The summed E-state index contributed by atoms with van der Waals surface area (Å²) in [6.07, 6.45) is 2.05. The summed E-state index contributed by atoms with van der Waals surface area (Å²) < 4.78 is 2.31. The lowest BCUT2D eigenvalue weighted by molar-refractivity contribution is 0.0750. The Morgan fingerprint density at radius 3 is 2.23 bits per heavy atom. The van der Waals surface area contributed by atoms with Crippen molar-refractivity contribution in [1.29, 1.82) is 0 Å². The minimum atomic E-state index is -1.65. The van der Waals surface area contributed by atoms with E-state index >= 15 is 0 Å². The first kappa shape index (κ1) is 17.3. The molecule has 0 aliphatic heterocycles. The number of imidazole rings is 1. The van der Waals surface area contributed by atoms with E-state index < -0.39 is 13.7 Å². The normalized spacial score (nSPS) is 12.7. The first-order valence-electron chi connectivity index (χ1n) is 7.56. The number of thioether (sulfide) groups is 1. The molecule has 0 aliphatic carbocycles. The molecule has 2 aromatic rings. The Labute approximate surface area is 138 Å². The largest absolute Gasteiger partial charge is 0.384 e. The third-order valence-electron chi connectivity index (χ3n) is 3.59. The molecule has 0 unspecified atom stereocenters. The smallest absolute Gasteiger partial charge is 0.168 e. The van der Waals surface area contributed by atoms with E-state index in [9.17, 15) is 5.11 Å². The molecule has 0 atom stereocenters. The first-order valence-corrected chi connectivity index (χ1v) is 12.3. The van der Waals surface area contributed by atoms with E-state index in [-0.39, 0.29) is 0 Å². The summed E-state index contributed by atoms with van der Waals surface area (Å²) in [7, 11) is -1.65. The Bertz CT molecular complexity index is 639. The molecule has 3 nitrogen and oxygen atoms in total. The Morgan fingerprint density at radius 2 is 1.77 bits per heavy atom. The van der Waals surface area contributed by atoms with Crippen LogP contribution in [0.15, 0.2) is 35.5 Å². The second-order valence-electron chi connectivity index (χ2n) is 7.18. The second-order valence-corrected chi connectivity index (χ2v) is 12.9. The van der Waals surface area contributed by atoms with E-state index in [1.165, 1.54) is 10.9 Å². The van der Waals surface area contributed by atoms with Crippen LogP contribution >= 0.6 is 11.8 Å². The molecule has 1 aromatic heterocycles. The summed E-state index contributed by atoms with van der Waals surface area (Å²) in [6, 6.07) is 10.4. The standard InChI is InChI=1S/C17H26N2OSSi/c1-17(2,20)14-15(22(4,5)6)19(16(18-14)21-3)12-13-10-8-7-9-11-13/h7-11,20H,12H2,1-6H3. The predicted molar refractivity (Wildman–Crippen MR) is 97.8 cm³/mol. The van der Waals surface area contributed by atoms with Crippen LogP contribution in [0.5, 0.6) is 0 Å². The van der Waals surface area contributed by atoms with Crippen LogP contribution in [-0.4, -0.2) is 29.0 Å². The van der Waals surface area contributed by atoms with Gasteiger partial charge in [-0.2, -0.15) is 0 Å². The Balaban J connectivity index is 2.63. The molecule has 0 aliphatic rings. The van der Waals surface area contributed by atoms with E-state index in [1.807, 2.05) is 26.2 Å². The molecule has 5 heteroatoms. The fourth-order valence-electron chi connectivity index (χ4n) is 2.69. The van der Waals surface area contributed by atoms with Crippen LogP contribution in [0, 0.1) is 0 Å². The van der Waals surface area contributed by atoms with Crippen molar-refractivity contribution < 1.29 is 5.11 Å². The Kier molecular flexibility index (Phi) is 4.89. The number of aromatic nitrogens is 2. The zero-order valence-electron chi connectivity index (χ0n) is 14.3. The van der Waals surface area contributed by atoms with Crippen LogP contribution in [0.1, 0.15) is 25.1 Å². The van der Waals surface area contributed by atoms with Gasteiger partial charge in [0.2, 0.25) is 0 Å². The van der Waals surface area contributed by atoms with Crippen LogP contribution in [0.4, 0.5) is 0 Å². The molecule has 1 heterocycles. The maximum absolute atomic E-state index is 10.6. The highest BCUT2D eigenvalue weighted by atomic mass is 32.2. The van der Waals surface area contributed by atoms with Crippen molar-refractivity contribution >= 4 is 25.2 Å². The minimum absolute atomic E-state index is 0.805. The molecule has 0 radical (unpaired) electrons. The molecule has 0 fully saturated rings. The topological polar surface area (TPSA) is 38.1 Å². The van der Waals surface area contributed by atoms with Crippen molar-refractivity contribution in [1.82, 2.24) is 9.55 Å². The van der Waals surface area contributed by atoms with E-state index in [4.69, 9.17) is 4.98 Å². The van der Waals surface area contributed by atoms with Gasteiger partial charge in [0.15, 0.2) is 5.16 Å². The van der Waals surface area contributed by atoms with Gasteiger partial charge in [0.1, 0.15) is 13.7 Å². The maximum Gasteiger partial charge on any atom is 0.168 e. The number of aliphatic hydroxyl groups is 1. The summed E-state index contributed by atoms with van der Waals surface area (Å²) in [5.41, 5.74) is 1.19. The highest BCUT2D eigenvalue weighted by Gasteiger charge is 2.34. The molecule has 1 N–H and O–H groups in total. The highest BCUT2D eigenvalue weighted by Crippen LogP contribution is 2.25. The molecule has 0 spiro atoms. The second kappa shape index (κ2) is 6.22. The molecule has 0 amide bonds. The predicted octanol–water partition coefficient (Wildman–Crippen LogP) is 3.43. The summed E-state index contributed by atoms with van der Waals surface area (Å²) in [5.74, 6) is 0. The third-order valence-corrected chi connectivity index (χ3v) is 6.19. The van der Waals surface area contributed by atoms with Crippen molar-refractivity contribution in [3.63, 3.8) is 0 Å². The SMILES string of the molecule is CSc1nc(C(C)(C)O)c([Si](C)(C)C)n1Cc1ccccc1. The average Bonchev–Trinajstić information content (AvgIpc) is 2.78. The lowest BCUT2D eigenvalue weighted by atomic mass is 10.1. The first-order chi connectivity index (χ1) is 10.1. The number of hydrogen-bond donors (Lipinski definition) is 1. The zero-order chi connectivity index (χ0) is 16.5. The molecule has 1 aromatic carbocycles. The van der Waals surface area contributed by atoms with Gasteiger partial charge in [0.05, 0.1) is 5.69 Å². The number of benzene rings is 1. The lowest BCUT2D eigenvalue weighted by Crippen LogP contribution is -2.47. The highest BCUT2D eigenvalue weighted by molar-refractivity contribution is 7.98. The van der Waals surface area contributed by atoms with Gasteiger partial charge in [-0.1, -0.05) is 61.7 Å². The van der Waals surface area contributed by atoms with Crippen molar-refractivity contribution in [2.45, 2.75) is 50.8 Å². The minimum Gasteiger partial charge on any atom is -0.384 e. The Hall–Kier alpha value is -1.04. The number of rotatable bonds is 5. The number of nitrogens with zero attached hydrogens (tertiary/aromatic N) is 2. The Morgan fingerprint density at radius 1 is 1.18 bits per heavy atom. The van der Waals surface area contributed by atoms with Gasteiger partial charge in [-0.25, -0.2) is 4.98 Å². The average molecular weight is 335 g/mol. The van der Waals surface area contributed by atoms with Crippen LogP contribution in [0.25, 0.3) is 0 Å². The number of hydrogen-bond acceptors (Lipinski definition) is 3. The van der Waals surface area contributed by atoms with Crippen molar-refractivity contribution in [2.24, 2.45) is 0 Å². The summed E-state index contributed by atoms with van der Waals surface area (Å²) >= 11 is 1.64. The molecule has 0 bridgehead atoms. The summed E-state index contributed by atoms with van der Waals surface area (Å²) in [5, 5.41) is 12.8. The molecule has 2 rings (SSSR count). The quantitative estimate of drug-likeness (QED) is 0.672. The molecular weight excluding hydrogens is 308 g/mol. The van der Waals surface area contributed by atoms with E-state index in [1.54, 1.807) is 11.8 Å². The monoisotopic (exact) mass is 334 g/mol. The van der Waals surface area contributed by atoms with Gasteiger partial charge in [-0.3, -0.25) is 0 Å². The van der Waals surface area contributed by atoms with Gasteiger partial charge >= 0.3 is 0 Å². The van der Waals surface area contributed by atoms with Crippen LogP contribution in [0.3, 0.4) is 0 Å². The maximum atomic E-state index is 10.6. The fourth-order valence-corrected chi connectivity index (χ4v) is 5.39. The van der Waals surface area contributed by atoms with Crippen LogP contribution < -0.4 is 5.32 Å². The van der Waals surface area contributed by atoms with Gasteiger partial charge < -0.3 is 9.67 Å². The molecule has 120 valence electrons. The van der Waals surface area contributed by atoms with Gasteiger partial charge in [0, 0.05) is 11.9 Å². The van der Waals surface area contributed by atoms with Crippen molar-refractivity contribution in [2.75, 3.05) is 6.26 Å². The van der Waals surface area contributed by atoms with Crippen molar-refractivity contribution in [3.8, 4) is 0 Å². The van der Waals surface area contributed by atoms with E-state index in [0.717, 1.165) is 17.4 Å². The zero-order valence-corrected chi connectivity index (χ0v) is 16.2. The fraction of sp³-hybridized carbons (Fsp3) is 0.471. The molecule has 0 saturated carbocycles. The molecular formula is C17H26N2OSSi. The van der Waals surface area contributed by atoms with Gasteiger partial charge in [-0.05, 0) is 25.7 Å². The van der Waals surface area contributed by atoms with Crippen LogP contribution in [0.2, 0.25) is 19.6 Å².